The second-order valence-corrected chi connectivity index (χ2v) is 5.78. The molecular formula is C18H20N6O. The summed E-state index contributed by atoms with van der Waals surface area (Å²) in [5.41, 5.74) is 3.20. The molecule has 0 bridgehead atoms. The number of hydrogen-bond donors (Lipinski definition) is 2. The first kappa shape index (κ1) is 16.6. The molecule has 2 N–H and O–H groups in total. The van der Waals surface area contributed by atoms with Crippen molar-refractivity contribution in [3.8, 4) is 11.1 Å². The first-order chi connectivity index (χ1) is 12.2. The van der Waals surface area contributed by atoms with E-state index >= 15 is 0 Å². The van der Waals surface area contributed by atoms with Crippen molar-refractivity contribution in [3.05, 3.63) is 67.0 Å². The van der Waals surface area contributed by atoms with Gasteiger partial charge in [-0.05, 0) is 29.7 Å². The fourth-order valence-electron chi connectivity index (χ4n) is 2.46. The van der Waals surface area contributed by atoms with Gasteiger partial charge in [0.1, 0.15) is 12.7 Å². The van der Waals surface area contributed by atoms with Crippen LogP contribution in [-0.2, 0) is 13.1 Å². The van der Waals surface area contributed by atoms with Gasteiger partial charge < -0.3 is 10.6 Å². The van der Waals surface area contributed by atoms with Crippen LogP contribution in [0.15, 0.2) is 61.4 Å². The molecule has 0 aliphatic carbocycles. The Labute approximate surface area is 146 Å². The van der Waals surface area contributed by atoms with Crippen molar-refractivity contribution in [1.82, 2.24) is 30.4 Å². The van der Waals surface area contributed by atoms with Crippen LogP contribution in [0.25, 0.3) is 11.1 Å². The SMILES string of the molecule is C[C@@H](Cn1cncn1)NC(=O)NCc1ccc(-c2cccnc2)cc1. The number of carbonyl (C=O) groups excluding carboxylic acids is 1. The molecule has 2 aromatic heterocycles. The Hall–Kier alpha value is -3.22. The lowest BCUT2D eigenvalue weighted by Crippen LogP contribution is -2.42. The van der Waals surface area contributed by atoms with Crippen LogP contribution in [0.5, 0.6) is 0 Å². The van der Waals surface area contributed by atoms with E-state index in [1.807, 2.05) is 49.5 Å². The molecule has 2 heterocycles. The number of nitrogens with one attached hydrogen (secondary N) is 2. The van der Waals surface area contributed by atoms with Gasteiger partial charge in [0, 0.05) is 25.0 Å². The van der Waals surface area contributed by atoms with Crippen molar-refractivity contribution in [1.29, 1.82) is 0 Å². The van der Waals surface area contributed by atoms with E-state index < -0.39 is 0 Å². The van der Waals surface area contributed by atoms with Gasteiger partial charge in [0.25, 0.3) is 0 Å². The van der Waals surface area contributed by atoms with Gasteiger partial charge in [0.2, 0.25) is 0 Å². The Kier molecular flexibility index (Phi) is 5.36. The van der Waals surface area contributed by atoms with E-state index in [4.69, 9.17) is 0 Å². The highest BCUT2D eigenvalue weighted by Crippen LogP contribution is 2.18. The fraction of sp³-hybridized carbons (Fsp3) is 0.222. The number of nitrogens with zero attached hydrogens (tertiary/aromatic N) is 4. The highest BCUT2D eigenvalue weighted by Gasteiger charge is 2.08. The third-order valence-corrected chi connectivity index (χ3v) is 3.71. The van der Waals surface area contributed by atoms with Crippen molar-refractivity contribution in [3.63, 3.8) is 0 Å². The van der Waals surface area contributed by atoms with Gasteiger partial charge in [-0.15, -0.1) is 0 Å². The minimum atomic E-state index is -0.205. The lowest BCUT2D eigenvalue weighted by atomic mass is 10.1. The Morgan fingerprint density at radius 3 is 2.68 bits per heavy atom. The summed E-state index contributed by atoms with van der Waals surface area (Å²) in [6.07, 6.45) is 6.68. The lowest BCUT2D eigenvalue weighted by molar-refractivity contribution is 0.235. The fourth-order valence-corrected chi connectivity index (χ4v) is 2.46. The van der Waals surface area contributed by atoms with Crippen molar-refractivity contribution < 1.29 is 4.79 Å². The van der Waals surface area contributed by atoms with Crippen LogP contribution in [0.1, 0.15) is 12.5 Å². The van der Waals surface area contributed by atoms with Gasteiger partial charge in [0.15, 0.2) is 0 Å². The van der Waals surface area contributed by atoms with Crippen LogP contribution in [-0.4, -0.2) is 31.8 Å². The van der Waals surface area contributed by atoms with E-state index in [0.29, 0.717) is 13.1 Å². The summed E-state index contributed by atoms with van der Waals surface area (Å²) in [6, 6.07) is 11.7. The zero-order chi connectivity index (χ0) is 17.5. The monoisotopic (exact) mass is 336 g/mol. The summed E-state index contributed by atoms with van der Waals surface area (Å²) >= 11 is 0. The average Bonchev–Trinajstić information content (AvgIpc) is 3.14. The van der Waals surface area contributed by atoms with Crippen LogP contribution in [0.2, 0.25) is 0 Å². The molecule has 0 aliphatic rings. The maximum Gasteiger partial charge on any atom is 0.315 e. The number of pyridine rings is 1. The molecule has 0 aliphatic heterocycles. The highest BCUT2D eigenvalue weighted by atomic mass is 16.2. The Balaban J connectivity index is 1.47. The maximum absolute atomic E-state index is 12.0. The van der Waals surface area contributed by atoms with E-state index in [1.54, 1.807) is 17.2 Å². The molecule has 3 rings (SSSR count). The zero-order valence-electron chi connectivity index (χ0n) is 14.0. The second-order valence-electron chi connectivity index (χ2n) is 5.78. The summed E-state index contributed by atoms with van der Waals surface area (Å²) in [5.74, 6) is 0. The molecule has 0 saturated carbocycles. The quantitative estimate of drug-likeness (QED) is 0.723. The van der Waals surface area contributed by atoms with Gasteiger partial charge in [-0.3, -0.25) is 9.67 Å². The van der Waals surface area contributed by atoms with Crippen LogP contribution >= 0.6 is 0 Å². The first-order valence-electron chi connectivity index (χ1n) is 8.07. The molecule has 0 radical (unpaired) electrons. The third kappa shape index (κ3) is 4.87. The van der Waals surface area contributed by atoms with Crippen molar-refractivity contribution in [2.24, 2.45) is 0 Å². The molecule has 128 valence electrons. The minimum Gasteiger partial charge on any atom is -0.334 e. The van der Waals surface area contributed by atoms with E-state index in [2.05, 4.69) is 25.7 Å². The summed E-state index contributed by atoms with van der Waals surface area (Å²) in [4.78, 5) is 20.0. The predicted molar refractivity (Wildman–Crippen MR) is 94.5 cm³/mol. The molecule has 1 atom stereocenters. The third-order valence-electron chi connectivity index (χ3n) is 3.71. The predicted octanol–water partition coefficient (Wildman–Crippen LogP) is 2.23. The van der Waals surface area contributed by atoms with Crippen LogP contribution in [0.4, 0.5) is 4.79 Å². The van der Waals surface area contributed by atoms with E-state index in [-0.39, 0.29) is 12.1 Å². The summed E-state index contributed by atoms with van der Waals surface area (Å²) in [6.45, 7) is 2.96. The standard InChI is InChI=1S/C18H20N6O/c1-14(11-24-13-20-12-22-24)23-18(25)21-9-15-4-6-16(7-5-15)17-3-2-8-19-10-17/h2-8,10,12-14H,9,11H2,1H3,(H2,21,23,25)/t14-/m0/s1. The summed E-state index contributed by atoms with van der Waals surface area (Å²) in [7, 11) is 0. The molecule has 7 heteroatoms. The number of amides is 2. The van der Waals surface area contributed by atoms with Crippen LogP contribution in [0, 0.1) is 0 Å². The van der Waals surface area contributed by atoms with Gasteiger partial charge in [-0.25, -0.2) is 9.78 Å². The largest absolute Gasteiger partial charge is 0.334 e. The molecule has 0 spiro atoms. The van der Waals surface area contributed by atoms with E-state index in [0.717, 1.165) is 16.7 Å². The Bertz CT molecular complexity index is 786. The van der Waals surface area contributed by atoms with Gasteiger partial charge >= 0.3 is 6.03 Å². The Morgan fingerprint density at radius 2 is 2.00 bits per heavy atom. The molecule has 2 amide bonds. The van der Waals surface area contributed by atoms with Crippen molar-refractivity contribution in [2.45, 2.75) is 26.1 Å². The number of aromatic nitrogens is 4. The number of urea groups is 1. The average molecular weight is 336 g/mol. The minimum absolute atomic E-state index is 0.0466. The normalized spacial score (nSPS) is 11.7. The van der Waals surface area contributed by atoms with Crippen LogP contribution in [0.3, 0.4) is 0 Å². The van der Waals surface area contributed by atoms with Crippen molar-refractivity contribution >= 4 is 6.03 Å². The van der Waals surface area contributed by atoms with E-state index in [1.165, 1.54) is 6.33 Å². The number of rotatable bonds is 6. The molecule has 7 nitrogen and oxygen atoms in total. The Morgan fingerprint density at radius 1 is 1.16 bits per heavy atom. The molecule has 3 aromatic rings. The van der Waals surface area contributed by atoms with E-state index in [9.17, 15) is 4.79 Å². The first-order valence-corrected chi connectivity index (χ1v) is 8.07. The molecular weight excluding hydrogens is 316 g/mol. The molecule has 1 aromatic carbocycles. The number of carbonyl (C=O) groups is 1. The van der Waals surface area contributed by atoms with Gasteiger partial charge in [-0.2, -0.15) is 5.10 Å². The topological polar surface area (TPSA) is 84.7 Å². The van der Waals surface area contributed by atoms with Crippen molar-refractivity contribution in [2.75, 3.05) is 0 Å². The zero-order valence-corrected chi connectivity index (χ0v) is 14.0. The maximum atomic E-state index is 12.0. The molecule has 0 saturated heterocycles. The van der Waals surface area contributed by atoms with Gasteiger partial charge in [0.05, 0.1) is 6.54 Å². The summed E-state index contributed by atoms with van der Waals surface area (Å²) in [5, 5.41) is 9.76. The molecule has 25 heavy (non-hydrogen) atoms. The smallest absolute Gasteiger partial charge is 0.315 e. The summed E-state index contributed by atoms with van der Waals surface area (Å²) < 4.78 is 1.68. The van der Waals surface area contributed by atoms with Gasteiger partial charge in [-0.1, -0.05) is 30.3 Å². The number of benzene rings is 1. The number of hydrogen-bond acceptors (Lipinski definition) is 4. The second kappa shape index (κ2) is 8.05. The highest BCUT2D eigenvalue weighted by molar-refractivity contribution is 5.74. The van der Waals surface area contributed by atoms with Crippen LogP contribution < -0.4 is 10.6 Å². The molecule has 0 fully saturated rings. The lowest BCUT2D eigenvalue weighted by Gasteiger charge is -2.14. The molecule has 0 unspecified atom stereocenters.